The Bertz CT molecular complexity index is 1090. The van der Waals surface area contributed by atoms with E-state index in [9.17, 15) is 17.6 Å². The van der Waals surface area contributed by atoms with E-state index in [-0.39, 0.29) is 17.0 Å². The number of nitrogens with one attached hydrogen (secondary N) is 2. The van der Waals surface area contributed by atoms with Crippen molar-refractivity contribution in [3.63, 3.8) is 0 Å². The SMILES string of the molecule is O=C(Nc1ccc2c(c1)N(S(=O)(=O)C1CC(Cl)C(Cl)S1)NC2)c1c(F)cccc1Cl. The van der Waals surface area contributed by atoms with E-state index < -0.39 is 36.4 Å². The molecule has 3 unspecified atom stereocenters. The van der Waals surface area contributed by atoms with Crippen LogP contribution in [0, 0.1) is 5.82 Å². The maximum Gasteiger partial charge on any atom is 0.260 e. The largest absolute Gasteiger partial charge is 0.322 e. The number of sulfonamides is 1. The number of anilines is 2. The van der Waals surface area contributed by atoms with E-state index in [0.29, 0.717) is 17.9 Å². The molecule has 1 saturated heterocycles. The highest BCUT2D eigenvalue weighted by Gasteiger charge is 2.44. The van der Waals surface area contributed by atoms with Crippen LogP contribution in [0.25, 0.3) is 0 Å². The van der Waals surface area contributed by atoms with Gasteiger partial charge in [-0.05, 0) is 36.2 Å². The molecule has 0 aliphatic carbocycles. The molecule has 0 bridgehead atoms. The van der Waals surface area contributed by atoms with E-state index in [2.05, 4.69) is 10.7 Å². The van der Waals surface area contributed by atoms with Crippen molar-refractivity contribution >= 4 is 73.9 Å². The Hall–Kier alpha value is -1.23. The van der Waals surface area contributed by atoms with Crippen molar-refractivity contribution < 1.29 is 17.6 Å². The van der Waals surface area contributed by atoms with Crippen molar-refractivity contribution in [2.24, 2.45) is 0 Å². The van der Waals surface area contributed by atoms with Gasteiger partial charge in [0.25, 0.3) is 15.9 Å². The number of hydrazine groups is 1. The molecule has 30 heavy (non-hydrogen) atoms. The van der Waals surface area contributed by atoms with Gasteiger partial charge in [0.2, 0.25) is 0 Å². The third kappa shape index (κ3) is 3.99. The Morgan fingerprint density at radius 2 is 2.03 bits per heavy atom. The van der Waals surface area contributed by atoms with Crippen molar-refractivity contribution in [1.29, 1.82) is 0 Å². The first-order valence-corrected chi connectivity index (χ1v) is 12.5. The average Bonchev–Trinajstić information content (AvgIpc) is 3.25. The predicted molar refractivity (Wildman–Crippen MR) is 119 cm³/mol. The molecule has 1 amide bonds. The second-order valence-electron chi connectivity index (χ2n) is 6.71. The van der Waals surface area contributed by atoms with E-state index in [4.69, 9.17) is 34.8 Å². The summed E-state index contributed by atoms with van der Waals surface area (Å²) in [5.74, 6) is -1.49. The molecule has 12 heteroatoms. The van der Waals surface area contributed by atoms with Gasteiger partial charge in [-0.25, -0.2) is 22.6 Å². The lowest BCUT2D eigenvalue weighted by Crippen LogP contribution is -2.42. The summed E-state index contributed by atoms with van der Waals surface area (Å²) in [6.45, 7) is 0.300. The number of amides is 1. The number of thioether (sulfide) groups is 1. The fourth-order valence-corrected chi connectivity index (χ4v) is 8.16. The molecule has 0 spiro atoms. The number of carbonyl (C=O) groups is 1. The van der Waals surface area contributed by atoms with Gasteiger partial charge in [-0.1, -0.05) is 23.7 Å². The fourth-order valence-electron chi connectivity index (χ4n) is 3.24. The summed E-state index contributed by atoms with van der Waals surface area (Å²) < 4.78 is 40.0. The van der Waals surface area contributed by atoms with Gasteiger partial charge < -0.3 is 5.32 Å². The number of nitrogens with zero attached hydrogens (tertiary/aromatic N) is 1. The third-order valence-electron chi connectivity index (χ3n) is 4.74. The standard InChI is InChI=1S/C18H15Cl3FN3O3S2/c19-11-2-1-3-13(22)16(11)18(26)24-10-5-4-9-8-23-25(14(9)6-10)30(27,28)15-7-12(20)17(21)29-15/h1-6,12,15,17,23H,7-8H2,(H,24,26). The molecule has 2 aromatic rings. The summed E-state index contributed by atoms with van der Waals surface area (Å²) in [6, 6.07) is 8.75. The van der Waals surface area contributed by atoms with Crippen molar-refractivity contribution in [2.75, 3.05) is 9.73 Å². The minimum Gasteiger partial charge on any atom is -0.322 e. The molecule has 6 nitrogen and oxygen atoms in total. The highest BCUT2D eigenvalue weighted by atomic mass is 35.5. The molecule has 2 heterocycles. The first-order chi connectivity index (χ1) is 14.2. The number of alkyl halides is 2. The van der Waals surface area contributed by atoms with Crippen molar-refractivity contribution in [1.82, 2.24) is 5.43 Å². The highest BCUT2D eigenvalue weighted by molar-refractivity contribution is 8.15. The minimum absolute atomic E-state index is 0.0240. The summed E-state index contributed by atoms with van der Waals surface area (Å²) in [7, 11) is -3.81. The number of rotatable bonds is 4. The predicted octanol–water partition coefficient (Wildman–Crippen LogP) is 4.52. The Morgan fingerprint density at radius 3 is 2.70 bits per heavy atom. The number of fused-ring (bicyclic) bond motifs is 1. The number of hydrogen-bond acceptors (Lipinski definition) is 5. The second kappa shape index (κ2) is 8.37. The van der Waals surface area contributed by atoms with Crippen LogP contribution in [-0.2, 0) is 16.6 Å². The van der Waals surface area contributed by atoms with Gasteiger partial charge in [0.1, 0.15) is 10.4 Å². The third-order valence-corrected chi connectivity index (χ3v) is 10.2. The van der Waals surface area contributed by atoms with Crippen LogP contribution in [0.2, 0.25) is 5.02 Å². The topological polar surface area (TPSA) is 78.5 Å². The molecule has 160 valence electrons. The van der Waals surface area contributed by atoms with Gasteiger partial charge >= 0.3 is 0 Å². The average molecular weight is 511 g/mol. The van der Waals surface area contributed by atoms with Crippen LogP contribution in [0.5, 0.6) is 0 Å². The maximum atomic E-state index is 14.0. The Labute approximate surface area is 192 Å². The zero-order valence-corrected chi connectivity index (χ0v) is 19.0. The summed E-state index contributed by atoms with van der Waals surface area (Å²) in [5.41, 5.74) is 3.97. The molecule has 0 radical (unpaired) electrons. The Balaban J connectivity index is 1.60. The van der Waals surface area contributed by atoms with Gasteiger partial charge in [-0.2, -0.15) is 0 Å². The number of hydrogen-bond donors (Lipinski definition) is 2. The lowest BCUT2D eigenvalue weighted by molar-refractivity contribution is 0.102. The number of halogens is 4. The van der Waals surface area contributed by atoms with Gasteiger partial charge in [0, 0.05) is 12.2 Å². The lowest BCUT2D eigenvalue weighted by Gasteiger charge is -2.23. The van der Waals surface area contributed by atoms with Crippen LogP contribution in [0.15, 0.2) is 36.4 Å². The first kappa shape index (κ1) is 22.0. The highest BCUT2D eigenvalue weighted by Crippen LogP contribution is 2.44. The smallest absolute Gasteiger partial charge is 0.260 e. The summed E-state index contributed by atoms with van der Waals surface area (Å²) in [4.78, 5) is 12.5. The number of carbonyl (C=O) groups excluding carboxylic acids is 1. The molecule has 0 aromatic heterocycles. The monoisotopic (exact) mass is 509 g/mol. The van der Waals surface area contributed by atoms with E-state index >= 15 is 0 Å². The summed E-state index contributed by atoms with van der Waals surface area (Å²) in [6.07, 6.45) is 0.221. The molecular formula is C18H15Cl3FN3O3S2. The van der Waals surface area contributed by atoms with E-state index in [1.165, 1.54) is 18.2 Å². The van der Waals surface area contributed by atoms with E-state index in [1.54, 1.807) is 12.1 Å². The Morgan fingerprint density at radius 1 is 1.27 bits per heavy atom. The van der Waals surface area contributed by atoms with Crippen LogP contribution >= 0.6 is 46.6 Å². The normalized spacial score (nSPS) is 23.5. The van der Waals surface area contributed by atoms with Crippen LogP contribution in [0.1, 0.15) is 22.3 Å². The maximum absolute atomic E-state index is 14.0. The fraction of sp³-hybridized carbons (Fsp3) is 0.278. The molecule has 1 fully saturated rings. The molecular weight excluding hydrogens is 496 g/mol. The zero-order valence-electron chi connectivity index (χ0n) is 15.1. The molecule has 2 aliphatic rings. The van der Waals surface area contributed by atoms with E-state index in [1.807, 2.05) is 0 Å². The molecule has 4 rings (SSSR count). The summed E-state index contributed by atoms with van der Waals surface area (Å²) in [5, 5.41) is 2.09. The van der Waals surface area contributed by atoms with Gasteiger partial charge in [0.15, 0.2) is 0 Å². The second-order valence-corrected chi connectivity index (χ2v) is 12.0. The quantitative estimate of drug-likeness (QED) is 0.591. The first-order valence-electron chi connectivity index (χ1n) is 8.78. The van der Waals surface area contributed by atoms with Crippen LogP contribution in [-0.4, -0.2) is 29.0 Å². The molecule has 2 N–H and O–H groups in total. The van der Waals surface area contributed by atoms with E-state index in [0.717, 1.165) is 27.8 Å². The van der Waals surface area contributed by atoms with Gasteiger partial charge in [0.05, 0.1) is 26.4 Å². The van der Waals surface area contributed by atoms with Crippen LogP contribution in [0.4, 0.5) is 15.8 Å². The minimum atomic E-state index is -3.81. The molecule has 2 aromatic carbocycles. The van der Waals surface area contributed by atoms with Crippen molar-refractivity contribution in [3.8, 4) is 0 Å². The van der Waals surface area contributed by atoms with Gasteiger partial charge in [-0.15, -0.1) is 35.0 Å². The Kier molecular flexibility index (Phi) is 6.13. The molecule has 0 saturated carbocycles. The number of benzene rings is 2. The van der Waals surface area contributed by atoms with Crippen molar-refractivity contribution in [2.45, 2.75) is 27.6 Å². The lowest BCUT2D eigenvalue weighted by atomic mass is 10.1. The van der Waals surface area contributed by atoms with Gasteiger partial charge in [-0.3, -0.25) is 4.79 Å². The molecule has 3 atom stereocenters. The zero-order chi connectivity index (χ0) is 21.6. The van der Waals surface area contributed by atoms with Crippen LogP contribution < -0.4 is 15.2 Å². The van der Waals surface area contributed by atoms with Crippen LogP contribution in [0.3, 0.4) is 0 Å². The summed E-state index contributed by atoms with van der Waals surface area (Å²) >= 11 is 19.2. The van der Waals surface area contributed by atoms with Crippen molar-refractivity contribution in [3.05, 3.63) is 58.4 Å². The molecule has 2 aliphatic heterocycles.